The number of unbranched alkanes of at least 4 members (excludes halogenated alkanes) is 4. The molecule has 0 unspecified atom stereocenters. The van der Waals surface area contributed by atoms with Gasteiger partial charge in [0, 0.05) is 13.3 Å². The van der Waals surface area contributed by atoms with E-state index in [2.05, 4.69) is 6.92 Å². The lowest BCUT2D eigenvalue weighted by atomic mass is 10.1. The van der Waals surface area contributed by atoms with Gasteiger partial charge in [0.25, 0.3) is 5.91 Å². The predicted molar refractivity (Wildman–Crippen MR) is 70.4 cm³/mol. The molecule has 0 aromatic heterocycles. The van der Waals surface area contributed by atoms with Crippen molar-refractivity contribution in [3.63, 3.8) is 0 Å². The number of allylic oxidation sites excluding steroid dienone is 1. The van der Waals surface area contributed by atoms with Crippen LogP contribution >= 0.6 is 0 Å². The largest absolute Gasteiger partial charge is 0.511 e. The van der Waals surface area contributed by atoms with Gasteiger partial charge in [-0.3, -0.25) is 19.3 Å². The van der Waals surface area contributed by atoms with E-state index in [0.717, 1.165) is 37.0 Å². The highest BCUT2D eigenvalue weighted by molar-refractivity contribution is 6.28. The van der Waals surface area contributed by atoms with E-state index in [0.29, 0.717) is 6.42 Å². The van der Waals surface area contributed by atoms with Gasteiger partial charge in [0.2, 0.25) is 5.91 Å². The number of rotatable bonds is 6. The highest BCUT2D eigenvalue weighted by Gasteiger charge is 2.38. The molecular weight excluding hydrogens is 246 g/mol. The van der Waals surface area contributed by atoms with E-state index in [1.165, 1.54) is 6.92 Å². The van der Waals surface area contributed by atoms with Crippen molar-refractivity contribution in [2.75, 3.05) is 6.54 Å². The van der Waals surface area contributed by atoms with Crippen molar-refractivity contribution in [2.45, 2.75) is 52.4 Å². The molecule has 1 aliphatic rings. The summed E-state index contributed by atoms with van der Waals surface area (Å²) in [7, 11) is 0. The zero-order valence-corrected chi connectivity index (χ0v) is 11.6. The molecule has 0 aromatic rings. The maximum atomic E-state index is 11.8. The van der Waals surface area contributed by atoms with E-state index in [-0.39, 0.29) is 17.9 Å². The van der Waals surface area contributed by atoms with Gasteiger partial charge in [-0.2, -0.15) is 0 Å². The molecule has 0 radical (unpaired) electrons. The lowest BCUT2D eigenvalue weighted by Crippen LogP contribution is -2.30. The Bertz CT molecular complexity index is 412. The summed E-state index contributed by atoms with van der Waals surface area (Å²) in [4.78, 5) is 35.5. The molecule has 0 spiro atoms. The van der Waals surface area contributed by atoms with Crippen LogP contribution in [0, 0.1) is 0 Å². The van der Waals surface area contributed by atoms with Crippen LogP contribution in [0.4, 0.5) is 0 Å². The third kappa shape index (κ3) is 3.91. The predicted octanol–water partition coefficient (Wildman–Crippen LogP) is 2.12. The van der Waals surface area contributed by atoms with Crippen molar-refractivity contribution in [3.05, 3.63) is 11.3 Å². The number of amides is 2. The number of aliphatic hydroxyl groups excluding tert-OH is 1. The molecule has 5 nitrogen and oxygen atoms in total. The van der Waals surface area contributed by atoms with Gasteiger partial charge in [-0.1, -0.05) is 32.6 Å². The molecule has 0 aromatic carbocycles. The van der Waals surface area contributed by atoms with Crippen LogP contribution in [0.5, 0.6) is 0 Å². The molecule has 5 heteroatoms. The number of nitrogens with zero attached hydrogens (tertiary/aromatic N) is 1. The van der Waals surface area contributed by atoms with E-state index in [1.54, 1.807) is 0 Å². The zero-order valence-electron chi connectivity index (χ0n) is 11.6. The van der Waals surface area contributed by atoms with Crippen LogP contribution in [0.2, 0.25) is 0 Å². The fourth-order valence-electron chi connectivity index (χ4n) is 2.11. The number of carbonyl (C=O) groups excluding carboxylic acids is 3. The first-order chi connectivity index (χ1) is 8.99. The number of imide groups is 1. The minimum absolute atomic E-state index is 0.171. The smallest absolute Gasteiger partial charge is 0.267 e. The molecule has 1 saturated heterocycles. The first kappa shape index (κ1) is 15.4. The Hall–Kier alpha value is -1.65. The third-order valence-electron chi connectivity index (χ3n) is 3.23. The van der Waals surface area contributed by atoms with Crippen molar-refractivity contribution >= 4 is 17.6 Å². The van der Waals surface area contributed by atoms with Gasteiger partial charge in [-0.15, -0.1) is 0 Å². The molecule has 1 aliphatic heterocycles. The Labute approximate surface area is 113 Å². The molecule has 0 atom stereocenters. The average Bonchev–Trinajstić information content (AvgIpc) is 2.64. The van der Waals surface area contributed by atoms with E-state index in [1.807, 2.05) is 0 Å². The van der Waals surface area contributed by atoms with E-state index in [9.17, 15) is 19.5 Å². The summed E-state index contributed by atoms with van der Waals surface area (Å²) in [6, 6.07) is 0. The Morgan fingerprint density at radius 1 is 1.21 bits per heavy atom. The normalized spacial score (nSPS) is 18.1. The van der Waals surface area contributed by atoms with E-state index >= 15 is 0 Å². The lowest BCUT2D eigenvalue weighted by molar-refractivity contribution is -0.139. The number of carbonyl (C=O) groups is 3. The van der Waals surface area contributed by atoms with Crippen LogP contribution in [0.15, 0.2) is 11.3 Å². The lowest BCUT2D eigenvalue weighted by Gasteiger charge is -2.08. The van der Waals surface area contributed by atoms with Crippen molar-refractivity contribution in [3.8, 4) is 0 Å². The molecule has 0 aliphatic carbocycles. The maximum Gasteiger partial charge on any atom is 0.267 e. The fraction of sp³-hybridized carbons (Fsp3) is 0.643. The Balaban J connectivity index is 2.61. The summed E-state index contributed by atoms with van der Waals surface area (Å²) >= 11 is 0. The minimum Gasteiger partial charge on any atom is -0.511 e. The number of aliphatic hydroxyl groups is 1. The van der Waals surface area contributed by atoms with Crippen LogP contribution < -0.4 is 0 Å². The van der Waals surface area contributed by atoms with Gasteiger partial charge < -0.3 is 5.11 Å². The molecule has 19 heavy (non-hydrogen) atoms. The second-order valence-corrected chi connectivity index (χ2v) is 4.82. The Morgan fingerprint density at radius 2 is 1.84 bits per heavy atom. The van der Waals surface area contributed by atoms with Crippen LogP contribution in [0.25, 0.3) is 0 Å². The average molecular weight is 267 g/mol. The summed E-state index contributed by atoms with van der Waals surface area (Å²) in [6.45, 7) is 3.10. The number of ketones is 1. The monoisotopic (exact) mass is 267 g/mol. The molecule has 1 fully saturated rings. The van der Waals surface area contributed by atoms with Gasteiger partial charge in [0.05, 0.1) is 6.54 Å². The SMILES string of the molecule is CCCCCCC/C(O)=C1/C(=O)CN(C(C)=O)C1=O. The highest BCUT2D eigenvalue weighted by atomic mass is 16.3. The van der Waals surface area contributed by atoms with Gasteiger partial charge in [0.1, 0.15) is 11.3 Å². The summed E-state index contributed by atoms with van der Waals surface area (Å²) in [5, 5.41) is 9.85. The van der Waals surface area contributed by atoms with Gasteiger partial charge in [0.15, 0.2) is 5.78 Å². The summed E-state index contributed by atoms with van der Waals surface area (Å²) in [6.07, 6.45) is 5.40. The van der Waals surface area contributed by atoms with Gasteiger partial charge in [-0.25, -0.2) is 0 Å². The number of likely N-dealkylation sites (tertiary alicyclic amines) is 1. The molecular formula is C14H21NO4. The first-order valence-electron chi connectivity index (χ1n) is 6.76. The molecule has 1 rings (SSSR count). The van der Waals surface area contributed by atoms with Crippen molar-refractivity contribution in [2.24, 2.45) is 0 Å². The number of Topliss-reactive ketones (excluding diaryl/α,β-unsaturated/α-hetero) is 1. The molecule has 106 valence electrons. The highest BCUT2D eigenvalue weighted by Crippen LogP contribution is 2.20. The summed E-state index contributed by atoms with van der Waals surface area (Å²) in [5.74, 6) is -1.77. The van der Waals surface area contributed by atoms with Crippen LogP contribution in [-0.2, 0) is 14.4 Å². The Kier molecular flexibility index (Phi) is 5.73. The third-order valence-corrected chi connectivity index (χ3v) is 3.23. The maximum absolute atomic E-state index is 11.8. The molecule has 1 N–H and O–H groups in total. The van der Waals surface area contributed by atoms with Crippen LogP contribution in [0.1, 0.15) is 52.4 Å². The van der Waals surface area contributed by atoms with E-state index < -0.39 is 17.6 Å². The number of hydrogen-bond donors (Lipinski definition) is 1. The summed E-state index contributed by atoms with van der Waals surface area (Å²) < 4.78 is 0. The molecule has 2 amide bonds. The van der Waals surface area contributed by atoms with Crippen LogP contribution in [0.3, 0.4) is 0 Å². The quantitative estimate of drug-likeness (QED) is 0.346. The molecule has 0 bridgehead atoms. The Morgan fingerprint density at radius 3 is 2.37 bits per heavy atom. The van der Waals surface area contributed by atoms with Crippen molar-refractivity contribution < 1.29 is 19.5 Å². The summed E-state index contributed by atoms with van der Waals surface area (Å²) in [5.41, 5.74) is -0.203. The molecule has 0 saturated carbocycles. The first-order valence-corrected chi connectivity index (χ1v) is 6.76. The van der Waals surface area contributed by atoms with E-state index in [4.69, 9.17) is 0 Å². The second-order valence-electron chi connectivity index (χ2n) is 4.82. The minimum atomic E-state index is -0.663. The molecule has 1 heterocycles. The van der Waals surface area contributed by atoms with Gasteiger partial charge >= 0.3 is 0 Å². The topological polar surface area (TPSA) is 74.7 Å². The zero-order chi connectivity index (χ0) is 14.4. The van der Waals surface area contributed by atoms with Gasteiger partial charge in [-0.05, 0) is 6.42 Å². The second kappa shape index (κ2) is 7.07. The number of hydrogen-bond acceptors (Lipinski definition) is 4. The fourth-order valence-corrected chi connectivity index (χ4v) is 2.11. The van der Waals surface area contributed by atoms with Crippen molar-refractivity contribution in [1.82, 2.24) is 4.90 Å². The van der Waals surface area contributed by atoms with Crippen LogP contribution in [-0.4, -0.2) is 34.1 Å². The van der Waals surface area contributed by atoms with Crippen molar-refractivity contribution in [1.29, 1.82) is 0 Å². The standard InChI is InChI=1S/C14H21NO4/c1-3-4-5-6-7-8-11(17)13-12(18)9-15(10(2)16)14(13)19/h17H,3-9H2,1-2H3/b13-11+.